The molecule has 0 spiro atoms. The summed E-state index contributed by atoms with van der Waals surface area (Å²) in [5.41, 5.74) is 1.38. The highest BCUT2D eigenvalue weighted by molar-refractivity contribution is 5.91. The van der Waals surface area contributed by atoms with Crippen molar-refractivity contribution in [3.8, 4) is 5.75 Å². The second-order valence-corrected chi connectivity index (χ2v) is 5.56. The van der Waals surface area contributed by atoms with Crippen molar-refractivity contribution in [3.63, 3.8) is 0 Å². The van der Waals surface area contributed by atoms with Gasteiger partial charge in [-0.1, -0.05) is 30.3 Å². The number of nitrogens with one attached hydrogen (secondary N) is 1. The van der Waals surface area contributed by atoms with E-state index in [-0.39, 0.29) is 12.4 Å². The zero-order chi connectivity index (χ0) is 13.9. The van der Waals surface area contributed by atoms with Crippen LogP contribution in [0.2, 0.25) is 0 Å². The number of ether oxygens (including phenoxy) is 1. The maximum atomic E-state index is 5.47. The van der Waals surface area contributed by atoms with Crippen molar-refractivity contribution >= 4 is 23.2 Å². The lowest BCUT2D eigenvalue weighted by Crippen LogP contribution is -2.48. The zero-order valence-electron chi connectivity index (χ0n) is 12.6. The summed E-state index contributed by atoms with van der Waals surface area (Å²) in [6.07, 6.45) is 0. The predicted molar refractivity (Wildman–Crippen MR) is 90.5 cm³/mol. The van der Waals surface area contributed by atoms with Crippen LogP contribution in [0.1, 0.15) is 12.5 Å². The molecular weight excluding hydrogens is 284 g/mol. The Hall–Kier alpha value is -1.29. The van der Waals surface area contributed by atoms with Gasteiger partial charge >= 0.3 is 0 Å². The lowest BCUT2D eigenvalue weighted by Gasteiger charge is -2.32. The topological polar surface area (TPSA) is 24.5 Å². The number of fused-ring (bicyclic) bond motifs is 1. The summed E-state index contributed by atoms with van der Waals surface area (Å²) in [6, 6.07) is 13.4. The third-order valence-corrected chi connectivity index (χ3v) is 4.04. The van der Waals surface area contributed by atoms with Crippen LogP contribution in [-0.4, -0.2) is 37.7 Å². The molecule has 2 aromatic rings. The van der Waals surface area contributed by atoms with Gasteiger partial charge in [-0.25, -0.2) is 0 Å². The van der Waals surface area contributed by atoms with Crippen LogP contribution < -0.4 is 10.1 Å². The summed E-state index contributed by atoms with van der Waals surface area (Å²) in [5, 5.41) is 6.00. The number of benzene rings is 2. The highest BCUT2D eigenvalue weighted by atomic mass is 35.5. The third-order valence-electron chi connectivity index (χ3n) is 4.04. The van der Waals surface area contributed by atoms with Crippen LogP contribution in [0.5, 0.6) is 5.75 Å². The standard InChI is InChI=1S/C17H22N2O.ClH/c1-13-11-19(10-9-18-13)12-14-7-8-17(20-2)16-6-4-3-5-15(14)16;/h3-8,13,18H,9-12H2,1-2H3;1H. The number of halogens is 1. The minimum atomic E-state index is 0. The first kappa shape index (κ1) is 16.1. The molecule has 1 aliphatic heterocycles. The van der Waals surface area contributed by atoms with E-state index in [0.717, 1.165) is 31.9 Å². The Morgan fingerprint density at radius 1 is 1.19 bits per heavy atom. The zero-order valence-corrected chi connectivity index (χ0v) is 13.5. The molecular formula is C17H23ClN2O. The van der Waals surface area contributed by atoms with Gasteiger partial charge in [0.05, 0.1) is 7.11 Å². The molecule has 0 amide bonds. The fourth-order valence-electron chi connectivity index (χ4n) is 3.05. The first-order chi connectivity index (χ1) is 9.78. The van der Waals surface area contributed by atoms with Crippen LogP contribution in [0.4, 0.5) is 0 Å². The summed E-state index contributed by atoms with van der Waals surface area (Å²) < 4.78 is 5.47. The normalized spacial score (nSPS) is 19.2. The Balaban J connectivity index is 0.00000161. The van der Waals surface area contributed by atoms with Crippen LogP contribution in [0.25, 0.3) is 10.8 Å². The molecule has 0 saturated carbocycles. The fourth-order valence-corrected chi connectivity index (χ4v) is 3.05. The Bertz CT molecular complexity index is 602. The molecule has 3 rings (SSSR count). The SMILES string of the molecule is COc1ccc(CN2CCNC(C)C2)c2ccccc12.Cl. The maximum absolute atomic E-state index is 5.47. The van der Waals surface area contributed by atoms with Crippen molar-refractivity contribution in [3.05, 3.63) is 42.0 Å². The fraction of sp³-hybridized carbons (Fsp3) is 0.412. The smallest absolute Gasteiger partial charge is 0.126 e. The van der Waals surface area contributed by atoms with Gasteiger partial charge in [0.2, 0.25) is 0 Å². The number of piperazine rings is 1. The van der Waals surface area contributed by atoms with Crippen molar-refractivity contribution < 1.29 is 4.74 Å². The lowest BCUT2D eigenvalue weighted by atomic mass is 10.0. The van der Waals surface area contributed by atoms with E-state index in [1.54, 1.807) is 7.11 Å². The first-order valence-electron chi connectivity index (χ1n) is 7.28. The van der Waals surface area contributed by atoms with Crippen LogP contribution in [0.3, 0.4) is 0 Å². The van der Waals surface area contributed by atoms with Gasteiger partial charge < -0.3 is 10.1 Å². The Labute approximate surface area is 132 Å². The Morgan fingerprint density at radius 3 is 2.67 bits per heavy atom. The lowest BCUT2D eigenvalue weighted by molar-refractivity contribution is 0.200. The number of hydrogen-bond acceptors (Lipinski definition) is 3. The number of methoxy groups -OCH3 is 1. The van der Waals surface area contributed by atoms with Crippen LogP contribution in [-0.2, 0) is 6.54 Å². The molecule has 3 nitrogen and oxygen atoms in total. The van der Waals surface area contributed by atoms with Crippen LogP contribution in [0.15, 0.2) is 36.4 Å². The number of rotatable bonds is 3. The molecule has 0 radical (unpaired) electrons. The van der Waals surface area contributed by atoms with E-state index in [9.17, 15) is 0 Å². The molecule has 1 N–H and O–H groups in total. The van der Waals surface area contributed by atoms with Crippen molar-refractivity contribution in [2.75, 3.05) is 26.7 Å². The summed E-state index contributed by atoms with van der Waals surface area (Å²) in [6.45, 7) is 6.56. The average Bonchev–Trinajstić information content (AvgIpc) is 2.48. The molecule has 21 heavy (non-hydrogen) atoms. The first-order valence-corrected chi connectivity index (χ1v) is 7.28. The van der Waals surface area contributed by atoms with Crippen LogP contribution in [0, 0.1) is 0 Å². The van der Waals surface area contributed by atoms with Gasteiger partial charge in [-0.05, 0) is 23.9 Å². The summed E-state index contributed by atoms with van der Waals surface area (Å²) in [5.74, 6) is 0.957. The number of hydrogen-bond donors (Lipinski definition) is 1. The van der Waals surface area contributed by atoms with Gasteiger partial charge in [-0.15, -0.1) is 12.4 Å². The Morgan fingerprint density at radius 2 is 1.95 bits per heavy atom. The summed E-state index contributed by atoms with van der Waals surface area (Å²) in [7, 11) is 1.74. The monoisotopic (exact) mass is 306 g/mol. The highest BCUT2D eigenvalue weighted by Crippen LogP contribution is 2.29. The van der Waals surface area contributed by atoms with Crippen molar-refractivity contribution in [2.45, 2.75) is 19.5 Å². The highest BCUT2D eigenvalue weighted by Gasteiger charge is 2.16. The second-order valence-electron chi connectivity index (χ2n) is 5.56. The quantitative estimate of drug-likeness (QED) is 0.943. The minimum Gasteiger partial charge on any atom is -0.496 e. The second kappa shape index (κ2) is 7.12. The van der Waals surface area contributed by atoms with Gasteiger partial charge in [-0.3, -0.25) is 4.90 Å². The average molecular weight is 307 g/mol. The molecule has 0 bridgehead atoms. The van der Waals surface area contributed by atoms with Crippen molar-refractivity contribution in [1.82, 2.24) is 10.2 Å². The van der Waals surface area contributed by atoms with E-state index in [4.69, 9.17) is 4.74 Å². The van der Waals surface area contributed by atoms with Gasteiger partial charge in [0.25, 0.3) is 0 Å². The van der Waals surface area contributed by atoms with Gasteiger partial charge in [-0.2, -0.15) is 0 Å². The van der Waals surface area contributed by atoms with Crippen molar-refractivity contribution in [2.24, 2.45) is 0 Å². The molecule has 1 aliphatic rings. The summed E-state index contributed by atoms with van der Waals surface area (Å²) in [4.78, 5) is 2.52. The van der Waals surface area contributed by atoms with E-state index < -0.39 is 0 Å². The molecule has 2 aromatic carbocycles. The molecule has 1 heterocycles. The molecule has 1 atom stereocenters. The van der Waals surface area contributed by atoms with Crippen molar-refractivity contribution in [1.29, 1.82) is 0 Å². The summed E-state index contributed by atoms with van der Waals surface area (Å²) >= 11 is 0. The van der Waals surface area contributed by atoms with Gasteiger partial charge in [0, 0.05) is 37.6 Å². The number of nitrogens with zero attached hydrogens (tertiary/aromatic N) is 1. The molecule has 114 valence electrons. The van der Waals surface area contributed by atoms with E-state index >= 15 is 0 Å². The van der Waals surface area contributed by atoms with E-state index in [0.29, 0.717) is 6.04 Å². The van der Waals surface area contributed by atoms with Gasteiger partial charge in [0.15, 0.2) is 0 Å². The minimum absolute atomic E-state index is 0. The molecule has 1 saturated heterocycles. The largest absolute Gasteiger partial charge is 0.496 e. The molecule has 1 unspecified atom stereocenters. The predicted octanol–water partition coefficient (Wildman–Crippen LogP) is 3.06. The maximum Gasteiger partial charge on any atom is 0.126 e. The molecule has 0 aliphatic carbocycles. The van der Waals surface area contributed by atoms with Gasteiger partial charge in [0.1, 0.15) is 5.75 Å². The van der Waals surface area contributed by atoms with E-state index in [1.165, 1.54) is 16.3 Å². The molecule has 0 aromatic heterocycles. The molecule has 1 fully saturated rings. The Kier molecular flexibility index (Phi) is 5.45. The molecule has 4 heteroatoms. The van der Waals surface area contributed by atoms with E-state index in [1.807, 2.05) is 0 Å². The van der Waals surface area contributed by atoms with E-state index in [2.05, 4.69) is 53.5 Å². The third kappa shape index (κ3) is 3.49. The van der Waals surface area contributed by atoms with Crippen LogP contribution >= 0.6 is 12.4 Å².